The summed E-state index contributed by atoms with van der Waals surface area (Å²) >= 11 is 0. The first-order valence-electron chi connectivity index (χ1n) is 10.5. The quantitative estimate of drug-likeness (QED) is 0.466. The molecule has 3 atom stereocenters. The molecule has 8 nitrogen and oxygen atoms in total. The number of ether oxygens (including phenoxy) is 1. The molecule has 4 aromatic rings. The lowest BCUT2D eigenvalue weighted by Gasteiger charge is -2.13. The maximum absolute atomic E-state index is 13.5. The molecule has 0 radical (unpaired) electrons. The van der Waals surface area contributed by atoms with Crippen LogP contribution in [-0.2, 0) is 21.8 Å². The molecule has 1 unspecified atom stereocenters. The second-order valence-corrected chi connectivity index (χ2v) is 10.2. The summed E-state index contributed by atoms with van der Waals surface area (Å²) in [5.41, 5.74) is 3.74. The number of nitrogens with zero attached hydrogens (tertiary/aromatic N) is 5. The van der Waals surface area contributed by atoms with Crippen LogP contribution >= 0.6 is 0 Å². The Kier molecular flexibility index (Phi) is 4.30. The van der Waals surface area contributed by atoms with E-state index in [0.717, 1.165) is 22.3 Å². The number of aromatic nitrogens is 4. The summed E-state index contributed by atoms with van der Waals surface area (Å²) in [7, 11) is -2.03. The van der Waals surface area contributed by atoms with E-state index >= 15 is 0 Å². The fourth-order valence-corrected chi connectivity index (χ4v) is 6.02. The van der Waals surface area contributed by atoms with Gasteiger partial charge in [0.25, 0.3) is 10.0 Å². The number of pyridine rings is 1. The van der Waals surface area contributed by atoms with Crippen molar-refractivity contribution < 1.29 is 13.2 Å². The summed E-state index contributed by atoms with van der Waals surface area (Å²) in [4.78, 5) is 4.78. The molecular weight excluding hydrogens is 438 g/mol. The van der Waals surface area contributed by atoms with Gasteiger partial charge in [0.2, 0.25) is 0 Å². The molecule has 0 aliphatic carbocycles. The van der Waals surface area contributed by atoms with Crippen LogP contribution in [0.15, 0.2) is 72.2 Å². The minimum absolute atomic E-state index is 0.126. The highest BCUT2D eigenvalue weighted by molar-refractivity contribution is 7.90. The third-order valence-corrected chi connectivity index (χ3v) is 7.97. The van der Waals surface area contributed by atoms with Crippen molar-refractivity contribution >= 4 is 26.6 Å². The third-order valence-electron chi connectivity index (χ3n) is 6.30. The number of fused-ring (bicyclic) bond motifs is 3. The molecule has 0 saturated carbocycles. The normalized spacial score (nSPS) is 21.9. The molecule has 0 amide bonds. The van der Waals surface area contributed by atoms with Crippen LogP contribution in [0.25, 0.3) is 27.7 Å². The number of rotatable bonds is 4. The van der Waals surface area contributed by atoms with Gasteiger partial charge in [-0.1, -0.05) is 18.2 Å². The van der Waals surface area contributed by atoms with E-state index in [1.807, 2.05) is 25.4 Å². The number of aryl methyl sites for hydroxylation is 1. The van der Waals surface area contributed by atoms with E-state index in [0.29, 0.717) is 17.5 Å². The van der Waals surface area contributed by atoms with E-state index in [1.54, 1.807) is 53.6 Å². The van der Waals surface area contributed by atoms with Gasteiger partial charge in [0.05, 0.1) is 35.3 Å². The van der Waals surface area contributed by atoms with Gasteiger partial charge in [-0.15, -0.1) is 0 Å². The molecule has 0 N–H and O–H groups in total. The molecule has 3 aromatic heterocycles. The Morgan fingerprint density at radius 2 is 1.97 bits per heavy atom. The van der Waals surface area contributed by atoms with Gasteiger partial charge in [-0.2, -0.15) is 10.4 Å². The highest BCUT2D eigenvalue weighted by atomic mass is 32.2. The zero-order valence-electron chi connectivity index (χ0n) is 17.7. The van der Waals surface area contributed by atoms with E-state index in [9.17, 15) is 13.7 Å². The maximum Gasteiger partial charge on any atom is 0.269 e. The summed E-state index contributed by atoms with van der Waals surface area (Å²) in [6.45, 7) is 0. The van der Waals surface area contributed by atoms with Crippen molar-refractivity contribution in [2.24, 2.45) is 13.0 Å². The van der Waals surface area contributed by atoms with Crippen LogP contribution in [0.4, 0.5) is 0 Å². The van der Waals surface area contributed by atoms with Crippen molar-refractivity contribution in [1.29, 1.82) is 5.26 Å². The lowest BCUT2D eigenvalue weighted by Crippen LogP contribution is -2.13. The van der Waals surface area contributed by atoms with Gasteiger partial charge in [-0.05, 0) is 41.8 Å². The summed E-state index contributed by atoms with van der Waals surface area (Å²) in [6, 6.07) is 12.6. The Bertz CT molecular complexity index is 1580. The number of benzene rings is 1. The van der Waals surface area contributed by atoms with Gasteiger partial charge < -0.3 is 4.74 Å². The highest BCUT2D eigenvalue weighted by Crippen LogP contribution is 2.43. The summed E-state index contributed by atoms with van der Waals surface area (Å²) in [5.74, 6) is -0.126. The largest absolute Gasteiger partial charge is 0.365 e. The Balaban J connectivity index is 1.55. The van der Waals surface area contributed by atoms with Crippen molar-refractivity contribution in [2.75, 3.05) is 0 Å². The fraction of sp³-hybridized carbons (Fsp3) is 0.208. The van der Waals surface area contributed by atoms with E-state index < -0.39 is 10.0 Å². The van der Waals surface area contributed by atoms with Crippen molar-refractivity contribution in [3.8, 4) is 17.2 Å². The Hall–Kier alpha value is -3.74. The zero-order chi connectivity index (χ0) is 22.7. The average Bonchev–Trinajstić information content (AvgIpc) is 3.61. The molecule has 164 valence electrons. The Labute approximate surface area is 190 Å². The number of hydrogen-bond acceptors (Lipinski definition) is 6. The van der Waals surface area contributed by atoms with Gasteiger partial charge in [0.15, 0.2) is 5.65 Å². The predicted octanol–water partition coefficient (Wildman–Crippen LogP) is 3.37. The second kappa shape index (κ2) is 7.13. The van der Waals surface area contributed by atoms with Gasteiger partial charge in [-0.3, -0.25) is 4.68 Å². The smallest absolute Gasteiger partial charge is 0.269 e. The maximum atomic E-state index is 13.5. The molecule has 1 fully saturated rings. The molecular formula is C24H19N5O3S. The molecule has 1 aromatic carbocycles. The van der Waals surface area contributed by atoms with Gasteiger partial charge in [0.1, 0.15) is 0 Å². The van der Waals surface area contributed by atoms with Crippen molar-refractivity contribution in [3.63, 3.8) is 0 Å². The molecule has 1 saturated heterocycles. The highest BCUT2D eigenvalue weighted by Gasteiger charge is 2.42. The van der Waals surface area contributed by atoms with Crippen LogP contribution in [0.3, 0.4) is 0 Å². The lowest BCUT2D eigenvalue weighted by atomic mass is 9.87. The Morgan fingerprint density at radius 3 is 2.64 bits per heavy atom. The predicted molar refractivity (Wildman–Crippen MR) is 121 cm³/mol. The van der Waals surface area contributed by atoms with E-state index in [4.69, 9.17) is 4.74 Å². The third kappa shape index (κ3) is 3.03. The monoisotopic (exact) mass is 457 g/mol. The molecule has 6 rings (SSSR count). The van der Waals surface area contributed by atoms with Crippen LogP contribution in [0, 0.1) is 17.2 Å². The minimum Gasteiger partial charge on any atom is -0.365 e. The topological polar surface area (TPSA) is 103 Å². The average molecular weight is 458 g/mol. The number of hydrogen-bond donors (Lipinski definition) is 0. The SMILES string of the molecule is Cn1cc(-c2cn(S(=O)(=O)c3ccccc3)c3ncc(C4=C[C@H]5O[C@@H]4CC5C#N)cc23)cn1. The van der Waals surface area contributed by atoms with E-state index in [2.05, 4.69) is 16.2 Å². The molecule has 2 aliphatic rings. The first-order valence-corrected chi connectivity index (χ1v) is 12.0. The van der Waals surface area contributed by atoms with Gasteiger partial charge in [-0.25, -0.2) is 17.4 Å². The first-order chi connectivity index (χ1) is 16.0. The molecule has 2 bridgehead atoms. The van der Waals surface area contributed by atoms with Crippen molar-refractivity contribution in [1.82, 2.24) is 18.7 Å². The second-order valence-electron chi connectivity index (χ2n) is 8.34. The zero-order valence-corrected chi connectivity index (χ0v) is 18.5. The van der Waals surface area contributed by atoms with Crippen LogP contribution < -0.4 is 0 Å². The van der Waals surface area contributed by atoms with Crippen LogP contribution in [0.1, 0.15) is 12.0 Å². The van der Waals surface area contributed by atoms with Gasteiger partial charge in [0, 0.05) is 42.2 Å². The van der Waals surface area contributed by atoms with Crippen molar-refractivity contribution in [2.45, 2.75) is 23.5 Å². The standard InChI is InChI=1S/C24H19N5O3S/c1-28-13-17(12-27-28)21-14-29(33(30,31)18-5-3-2-4-6-18)24-20(21)7-16(11-26-24)19-9-22-15(10-25)8-23(19)32-22/h2-7,9,11-15,22-23H,8H2,1H3/t15?,22-,23-/m1/s1. The fourth-order valence-electron chi connectivity index (χ4n) is 4.67. The van der Waals surface area contributed by atoms with E-state index in [-0.39, 0.29) is 23.0 Å². The molecule has 9 heteroatoms. The molecule has 33 heavy (non-hydrogen) atoms. The summed E-state index contributed by atoms with van der Waals surface area (Å²) in [6.07, 6.45) is 9.15. The molecule has 0 spiro atoms. The lowest BCUT2D eigenvalue weighted by molar-refractivity contribution is 0.117. The molecule has 5 heterocycles. The van der Waals surface area contributed by atoms with E-state index in [1.165, 1.54) is 3.97 Å². The minimum atomic E-state index is -3.85. The van der Waals surface area contributed by atoms with Crippen LogP contribution in [0.2, 0.25) is 0 Å². The van der Waals surface area contributed by atoms with Crippen LogP contribution in [-0.4, -0.2) is 39.4 Å². The first kappa shape index (κ1) is 19.9. The Morgan fingerprint density at radius 1 is 1.15 bits per heavy atom. The van der Waals surface area contributed by atoms with Crippen LogP contribution in [0.5, 0.6) is 0 Å². The summed E-state index contributed by atoms with van der Waals surface area (Å²) in [5, 5.41) is 14.2. The molecule has 2 aliphatic heterocycles. The van der Waals surface area contributed by atoms with Crippen molar-refractivity contribution in [3.05, 3.63) is 72.8 Å². The van der Waals surface area contributed by atoms with Gasteiger partial charge >= 0.3 is 0 Å². The number of nitriles is 1. The summed E-state index contributed by atoms with van der Waals surface area (Å²) < 4.78 is 35.8.